The molecule has 0 aliphatic rings. The summed E-state index contributed by atoms with van der Waals surface area (Å²) in [5.41, 5.74) is 1.62. The molecule has 0 bridgehead atoms. The molecule has 0 atom stereocenters. The first-order valence-electron chi connectivity index (χ1n) is 7.74. The molecule has 0 fully saturated rings. The van der Waals surface area contributed by atoms with Gasteiger partial charge in [-0.1, -0.05) is 6.07 Å². The Morgan fingerprint density at radius 3 is 2.88 bits per heavy atom. The molecular weight excluding hydrogens is 302 g/mol. The van der Waals surface area contributed by atoms with Crippen LogP contribution in [0.4, 0.5) is 11.5 Å². The number of aromatic nitrogens is 1. The van der Waals surface area contributed by atoms with Gasteiger partial charge >= 0.3 is 0 Å². The normalized spacial score (nSPS) is 10.2. The summed E-state index contributed by atoms with van der Waals surface area (Å²) in [6.07, 6.45) is 2.60. The molecule has 6 heteroatoms. The molecule has 0 saturated heterocycles. The number of nitrogens with one attached hydrogen (secondary N) is 2. The van der Waals surface area contributed by atoms with Crippen molar-refractivity contribution in [3.05, 3.63) is 53.7 Å². The monoisotopic (exact) mass is 323 g/mol. The summed E-state index contributed by atoms with van der Waals surface area (Å²) in [7, 11) is 4.06. The number of carbonyl (C=O) groups excluding carboxylic acids is 1. The zero-order valence-electron chi connectivity index (χ0n) is 13.9. The Labute approximate surface area is 142 Å². The lowest BCUT2D eigenvalue weighted by Gasteiger charge is -2.11. The van der Waals surface area contributed by atoms with Gasteiger partial charge in [-0.2, -0.15) is 5.26 Å². The van der Waals surface area contributed by atoms with Gasteiger partial charge in [-0.15, -0.1) is 0 Å². The van der Waals surface area contributed by atoms with E-state index in [4.69, 9.17) is 5.26 Å². The Kier molecular flexibility index (Phi) is 6.29. The predicted octanol–water partition coefficient (Wildman–Crippen LogP) is 2.57. The molecule has 0 saturated carbocycles. The number of benzene rings is 1. The first-order valence-corrected chi connectivity index (χ1v) is 7.74. The highest BCUT2D eigenvalue weighted by atomic mass is 16.1. The summed E-state index contributed by atoms with van der Waals surface area (Å²) >= 11 is 0. The Morgan fingerprint density at radius 1 is 1.29 bits per heavy atom. The molecule has 6 nitrogen and oxygen atoms in total. The lowest BCUT2D eigenvalue weighted by molar-refractivity contribution is 0.102. The van der Waals surface area contributed by atoms with Crippen LogP contribution in [0.3, 0.4) is 0 Å². The van der Waals surface area contributed by atoms with Crippen molar-refractivity contribution in [2.24, 2.45) is 0 Å². The second kappa shape index (κ2) is 8.65. The molecule has 0 aliphatic carbocycles. The highest BCUT2D eigenvalue weighted by molar-refractivity contribution is 6.04. The van der Waals surface area contributed by atoms with Crippen LogP contribution in [-0.2, 0) is 0 Å². The van der Waals surface area contributed by atoms with Crippen LogP contribution in [0.2, 0.25) is 0 Å². The van der Waals surface area contributed by atoms with Gasteiger partial charge in [0.2, 0.25) is 0 Å². The Balaban J connectivity index is 1.97. The van der Waals surface area contributed by atoms with Crippen LogP contribution in [0.25, 0.3) is 0 Å². The molecule has 24 heavy (non-hydrogen) atoms. The van der Waals surface area contributed by atoms with Gasteiger partial charge in [-0.05, 0) is 57.4 Å². The lowest BCUT2D eigenvalue weighted by atomic mass is 10.2. The number of anilines is 2. The van der Waals surface area contributed by atoms with Crippen molar-refractivity contribution in [3.63, 3.8) is 0 Å². The van der Waals surface area contributed by atoms with Crippen LogP contribution < -0.4 is 10.6 Å². The lowest BCUT2D eigenvalue weighted by Crippen LogP contribution is -2.17. The number of amides is 1. The molecule has 1 heterocycles. The van der Waals surface area contributed by atoms with Crippen LogP contribution in [0.1, 0.15) is 22.3 Å². The highest BCUT2D eigenvalue weighted by Crippen LogP contribution is 2.13. The van der Waals surface area contributed by atoms with Crippen LogP contribution in [0.5, 0.6) is 0 Å². The van der Waals surface area contributed by atoms with E-state index in [0.29, 0.717) is 22.6 Å². The average Bonchev–Trinajstić information content (AvgIpc) is 2.59. The van der Waals surface area contributed by atoms with Gasteiger partial charge in [-0.25, -0.2) is 4.98 Å². The van der Waals surface area contributed by atoms with Gasteiger partial charge in [-0.3, -0.25) is 4.79 Å². The maximum atomic E-state index is 12.3. The predicted molar refractivity (Wildman–Crippen MR) is 95.0 cm³/mol. The summed E-state index contributed by atoms with van der Waals surface area (Å²) in [5.74, 6) is 0.441. The van der Waals surface area contributed by atoms with E-state index in [2.05, 4.69) is 26.6 Å². The number of hydrogen-bond donors (Lipinski definition) is 2. The molecule has 1 amide bonds. The van der Waals surface area contributed by atoms with E-state index in [9.17, 15) is 4.79 Å². The molecule has 0 radical (unpaired) electrons. The van der Waals surface area contributed by atoms with E-state index in [0.717, 1.165) is 19.5 Å². The van der Waals surface area contributed by atoms with Crippen molar-refractivity contribution in [1.82, 2.24) is 9.88 Å². The molecule has 1 aromatic heterocycles. The second-order valence-electron chi connectivity index (χ2n) is 5.66. The molecule has 2 aromatic rings. The third-order valence-corrected chi connectivity index (χ3v) is 3.36. The summed E-state index contributed by atoms with van der Waals surface area (Å²) in [6.45, 7) is 1.78. The zero-order chi connectivity index (χ0) is 17.4. The maximum Gasteiger partial charge on any atom is 0.255 e. The minimum absolute atomic E-state index is 0.233. The Bertz CT molecular complexity index is 736. The van der Waals surface area contributed by atoms with Crippen molar-refractivity contribution < 1.29 is 4.79 Å². The number of nitrogens with zero attached hydrogens (tertiary/aromatic N) is 3. The molecule has 2 N–H and O–H groups in total. The molecule has 2 rings (SSSR count). The van der Waals surface area contributed by atoms with Crippen molar-refractivity contribution in [3.8, 4) is 6.07 Å². The first-order chi connectivity index (χ1) is 11.6. The van der Waals surface area contributed by atoms with Gasteiger partial charge < -0.3 is 15.5 Å². The molecular formula is C18H21N5O. The SMILES string of the molecule is CN(C)CCCNc1cc(C(=O)Nc2cccc(C#N)c2)ccn1. The topological polar surface area (TPSA) is 81.0 Å². The molecule has 0 aliphatic heterocycles. The standard InChI is InChI=1S/C18H21N5O/c1-23(2)10-4-8-20-17-12-15(7-9-21-17)18(24)22-16-6-3-5-14(11-16)13-19/h3,5-7,9,11-12H,4,8,10H2,1-2H3,(H,20,21)(H,22,24). The quantitative estimate of drug-likeness (QED) is 0.765. The summed E-state index contributed by atoms with van der Waals surface area (Å²) < 4.78 is 0. The van der Waals surface area contributed by atoms with Crippen LogP contribution in [0.15, 0.2) is 42.6 Å². The van der Waals surface area contributed by atoms with Gasteiger partial charge in [0.25, 0.3) is 5.91 Å². The number of carbonyl (C=O) groups is 1. The van der Waals surface area contributed by atoms with Crippen molar-refractivity contribution in [2.45, 2.75) is 6.42 Å². The summed E-state index contributed by atoms with van der Waals surface area (Å²) in [4.78, 5) is 18.7. The number of nitriles is 1. The largest absolute Gasteiger partial charge is 0.370 e. The van der Waals surface area contributed by atoms with Crippen molar-refractivity contribution in [2.75, 3.05) is 37.8 Å². The first kappa shape index (κ1) is 17.4. The Morgan fingerprint density at radius 2 is 2.12 bits per heavy atom. The second-order valence-corrected chi connectivity index (χ2v) is 5.66. The molecule has 1 aromatic carbocycles. The molecule has 0 spiro atoms. The minimum Gasteiger partial charge on any atom is -0.370 e. The van der Waals surface area contributed by atoms with E-state index in [1.165, 1.54) is 0 Å². The van der Waals surface area contributed by atoms with E-state index in [1.54, 1.807) is 42.6 Å². The van der Waals surface area contributed by atoms with Crippen molar-refractivity contribution in [1.29, 1.82) is 5.26 Å². The third-order valence-electron chi connectivity index (χ3n) is 3.36. The van der Waals surface area contributed by atoms with E-state index in [1.807, 2.05) is 14.1 Å². The Hall–Kier alpha value is -2.91. The fourth-order valence-electron chi connectivity index (χ4n) is 2.15. The maximum absolute atomic E-state index is 12.3. The van der Waals surface area contributed by atoms with Crippen LogP contribution in [0, 0.1) is 11.3 Å². The van der Waals surface area contributed by atoms with Crippen LogP contribution in [-0.4, -0.2) is 43.0 Å². The molecule has 0 unspecified atom stereocenters. The summed E-state index contributed by atoms with van der Waals surface area (Å²) in [5, 5.41) is 14.9. The third kappa shape index (κ3) is 5.38. The fraction of sp³-hybridized carbons (Fsp3) is 0.278. The average molecular weight is 323 g/mol. The van der Waals surface area contributed by atoms with Gasteiger partial charge in [0.1, 0.15) is 5.82 Å². The molecule has 124 valence electrons. The zero-order valence-corrected chi connectivity index (χ0v) is 13.9. The van der Waals surface area contributed by atoms with E-state index >= 15 is 0 Å². The van der Waals surface area contributed by atoms with Gasteiger partial charge in [0.15, 0.2) is 0 Å². The minimum atomic E-state index is -0.233. The number of hydrogen-bond acceptors (Lipinski definition) is 5. The van der Waals surface area contributed by atoms with E-state index in [-0.39, 0.29) is 5.91 Å². The van der Waals surface area contributed by atoms with Gasteiger partial charge in [0.05, 0.1) is 11.6 Å². The van der Waals surface area contributed by atoms with Crippen molar-refractivity contribution >= 4 is 17.4 Å². The smallest absolute Gasteiger partial charge is 0.255 e. The number of pyridine rings is 1. The fourth-order valence-corrected chi connectivity index (χ4v) is 2.15. The summed E-state index contributed by atoms with van der Waals surface area (Å²) in [6, 6.07) is 12.2. The van der Waals surface area contributed by atoms with Crippen LogP contribution >= 0.6 is 0 Å². The highest BCUT2D eigenvalue weighted by Gasteiger charge is 2.08. The van der Waals surface area contributed by atoms with E-state index < -0.39 is 0 Å². The number of rotatable bonds is 7. The van der Waals surface area contributed by atoms with Gasteiger partial charge in [0, 0.05) is 24.0 Å².